The summed E-state index contributed by atoms with van der Waals surface area (Å²) in [7, 11) is 0. The molecule has 1 aliphatic carbocycles. The predicted molar refractivity (Wildman–Crippen MR) is 165 cm³/mol. The maximum absolute atomic E-state index is 14.2. The van der Waals surface area contributed by atoms with E-state index in [1.54, 1.807) is 25.5 Å². The van der Waals surface area contributed by atoms with E-state index in [9.17, 15) is 9.59 Å². The average molecular weight is 683 g/mol. The summed E-state index contributed by atoms with van der Waals surface area (Å²) in [5, 5.41) is 2.13. The summed E-state index contributed by atoms with van der Waals surface area (Å²) in [6.07, 6.45) is 13.4. The van der Waals surface area contributed by atoms with Gasteiger partial charge in [-0.05, 0) is 0 Å². The molecule has 3 aromatic heterocycles. The second-order valence-corrected chi connectivity index (χ2v) is 19.1. The number of hydrogen-bond donors (Lipinski definition) is 0. The molecule has 0 bridgehead atoms. The Bertz CT molecular complexity index is 1490. The van der Waals surface area contributed by atoms with E-state index in [4.69, 9.17) is 0 Å². The van der Waals surface area contributed by atoms with E-state index in [0.717, 1.165) is 39.4 Å². The number of hydrogen-bond acceptors (Lipinski definition) is 5. The Morgan fingerprint density at radius 1 is 0.868 bits per heavy atom. The number of aromatic nitrogens is 1. The molecular weight excluding hydrogens is 641 g/mol. The van der Waals surface area contributed by atoms with Gasteiger partial charge in [-0.1, -0.05) is 0 Å². The molecule has 208 valence electrons. The standard InChI is InChI=1S/C31H41INO2S3/c1-7-15-31(5,6)24-18-21-27(38-24)26-20(17-23(37-26)30(3,4)8-2)28(34)33(29(21)35)32-25-16-19-13-11-9-10-12-14-22(19)36-25/h16-19,22H,7-15H2,1-6H3/q-1. The van der Waals surface area contributed by atoms with Crippen LogP contribution in [0.2, 0.25) is 0 Å². The third-order valence-corrected chi connectivity index (χ3v) is 16.4. The summed E-state index contributed by atoms with van der Waals surface area (Å²) < 4.78 is 5.03. The molecule has 0 N–H and O–H groups in total. The molecule has 38 heavy (non-hydrogen) atoms. The topological polar surface area (TPSA) is 39.1 Å². The van der Waals surface area contributed by atoms with Gasteiger partial charge < -0.3 is 0 Å². The Hall–Kier alpha value is -0.640. The molecule has 7 heteroatoms. The van der Waals surface area contributed by atoms with Crippen molar-refractivity contribution in [1.29, 1.82) is 0 Å². The van der Waals surface area contributed by atoms with E-state index >= 15 is 0 Å². The molecule has 1 fully saturated rings. The molecule has 0 spiro atoms. The van der Waals surface area contributed by atoms with Crippen LogP contribution < -0.4 is 32.6 Å². The molecule has 0 saturated heterocycles. The van der Waals surface area contributed by atoms with E-state index in [1.165, 1.54) is 51.2 Å². The van der Waals surface area contributed by atoms with Gasteiger partial charge >= 0.3 is 252 Å². The Morgan fingerprint density at radius 3 is 2.03 bits per heavy atom. The van der Waals surface area contributed by atoms with E-state index in [0.29, 0.717) is 11.2 Å². The SMILES string of the molecule is CCCC(C)(C)c1cc2c(=O)n([I-]C3=CC4CCCCCCC4S3)c(=O)c3cc(C(C)(C)CC)sc3c2s1. The quantitative estimate of drug-likeness (QED) is 0.280. The van der Waals surface area contributed by atoms with Crippen LogP contribution in [0.1, 0.15) is 109 Å². The van der Waals surface area contributed by atoms with Gasteiger partial charge in [0.05, 0.1) is 0 Å². The van der Waals surface area contributed by atoms with Crippen molar-refractivity contribution in [3.63, 3.8) is 0 Å². The van der Waals surface area contributed by atoms with Crippen LogP contribution in [0.15, 0.2) is 30.7 Å². The van der Waals surface area contributed by atoms with Crippen LogP contribution in [-0.4, -0.2) is 8.03 Å². The average Bonchev–Trinajstić information content (AvgIpc) is 3.58. The van der Waals surface area contributed by atoms with Crippen LogP contribution in [0.4, 0.5) is 0 Å². The van der Waals surface area contributed by atoms with Gasteiger partial charge in [0, 0.05) is 0 Å². The third kappa shape index (κ3) is 5.47. The van der Waals surface area contributed by atoms with Crippen molar-refractivity contribution >= 4 is 54.6 Å². The maximum atomic E-state index is 14.2. The second-order valence-electron chi connectivity index (χ2n) is 12.3. The van der Waals surface area contributed by atoms with Gasteiger partial charge in [-0.3, -0.25) is 0 Å². The van der Waals surface area contributed by atoms with Crippen LogP contribution >= 0.6 is 34.4 Å². The van der Waals surface area contributed by atoms with Crippen LogP contribution in [0.25, 0.3) is 20.2 Å². The van der Waals surface area contributed by atoms with Crippen LogP contribution in [-0.2, 0) is 10.8 Å². The first-order valence-electron chi connectivity index (χ1n) is 14.3. The molecule has 2 aliphatic rings. The van der Waals surface area contributed by atoms with Crippen molar-refractivity contribution in [2.45, 2.75) is 115 Å². The van der Waals surface area contributed by atoms with Gasteiger partial charge in [-0.15, -0.1) is 0 Å². The molecule has 0 radical (unpaired) electrons. The van der Waals surface area contributed by atoms with E-state index < -0.39 is 21.5 Å². The number of rotatable bonds is 7. The van der Waals surface area contributed by atoms with Crippen molar-refractivity contribution in [2.24, 2.45) is 5.92 Å². The molecule has 2 unspecified atom stereocenters. The van der Waals surface area contributed by atoms with Crippen LogP contribution in [0.5, 0.6) is 0 Å². The molecule has 2 atom stereocenters. The minimum atomic E-state index is -0.889. The zero-order valence-corrected chi connectivity index (χ0v) is 28.2. The van der Waals surface area contributed by atoms with Gasteiger partial charge in [-0.25, -0.2) is 0 Å². The summed E-state index contributed by atoms with van der Waals surface area (Å²) in [4.78, 5) is 30.8. The van der Waals surface area contributed by atoms with Crippen molar-refractivity contribution in [3.8, 4) is 0 Å². The van der Waals surface area contributed by atoms with Crippen LogP contribution in [0, 0.1) is 5.92 Å². The second kappa shape index (κ2) is 11.3. The number of thiophene rings is 2. The van der Waals surface area contributed by atoms with Gasteiger partial charge in [0.15, 0.2) is 0 Å². The molecule has 1 saturated carbocycles. The summed E-state index contributed by atoms with van der Waals surface area (Å²) in [5.74, 6) is 0.610. The van der Waals surface area contributed by atoms with Crippen molar-refractivity contribution < 1.29 is 21.5 Å². The van der Waals surface area contributed by atoms with Crippen LogP contribution in [0.3, 0.4) is 0 Å². The number of halogens is 1. The van der Waals surface area contributed by atoms with Crippen molar-refractivity contribution in [3.05, 3.63) is 51.6 Å². The minimum absolute atomic E-state index is 0.000682. The fourth-order valence-electron chi connectivity index (χ4n) is 5.71. The Kier molecular flexibility index (Phi) is 8.60. The number of nitrogens with zero attached hydrogens (tertiary/aromatic N) is 1. The Labute approximate surface area is 250 Å². The monoisotopic (exact) mass is 682 g/mol. The van der Waals surface area contributed by atoms with E-state index in [-0.39, 0.29) is 21.9 Å². The fourth-order valence-corrected chi connectivity index (χ4v) is 13.6. The molecule has 3 aromatic rings. The Morgan fingerprint density at radius 2 is 1.45 bits per heavy atom. The zero-order valence-electron chi connectivity index (χ0n) is 23.6. The van der Waals surface area contributed by atoms with Gasteiger partial charge in [0.2, 0.25) is 0 Å². The van der Waals surface area contributed by atoms with Gasteiger partial charge in [0.25, 0.3) is 0 Å². The molecule has 0 amide bonds. The number of fused-ring (bicyclic) bond motifs is 4. The normalized spacial score (nSPS) is 21.1. The van der Waals surface area contributed by atoms with Crippen molar-refractivity contribution in [2.75, 3.05) is 0 Å². The fraction of sp³-hybridized carbons (Fsp3) is 0.613. The first-order valence-corrected chi connectivity index (χ1v) is 18.8. The summed E-state index contributed by atoms with van der Waals surface area (Å²) in [5.41, 5.74) is -0.136. The summed E-state index contributed by atoms with van der Waals surface area (Å²) in [6, 6.07) is 4.25. The Balaban J connectivity index is 1.70. The number of allylic oxidation sites excluding steroid dienone is 1. The predicted octanol–water partition coefficient (Wildman–Crippen LogP) is 6.18. The van der Waals surface area contributed by atoms with Gasteiger partial charge in [0.1, 0.15) is 0 Å². The third-order valence-electron chi connectivity index (χ3n) is 8.61. The van der Waals surface area contributed by atoms with Crippen molar-refractivity contribution in [1.82, 2.24) is 2.78 Å². The molecule has 0 aromatic carbocycles. The molecular formula is C31H41INO2S3-. The first kappa shape index (κ1) is 28.9. The molecule has 4 heterocycles. The summed E-state index contributed by atoms with van der Waals surface area (Å²) >= 11 is 4.57. The molecule has 1 aliphatic heterocycles. The summed E-state index contributed by atoms with van der Waals surface area (Å²) in [6.45, 7) is 13.5. The number of thioether (sulfide) groups is 1. The van der Waals surface area contributed by atoms with E-state index in [2.05, 4.69) is 59.8 Å². The first-order chi connectivity index (χ1) is 18.1. The zero-order chi connectivity index (χ0) is 27.2. The van der Waals surface area contributed by atoms with E-state index in [1.807, 2.05) is 11.8 Å². The molecule has 3 nitrogen and oxygen atoms in total. The van der Waals surface area contributed by atoms with Gasteiger partial charge in [-0.2, -0.15) is 0 Å². The molecule has 5 rings (SSSR count).